The average molecular weight is 328 g/mol. The SMILES string of the molecule is CC(C)(C)OC(=O)N[C@@H]1CCCN(C(=O)c2cc(Cl)c[nH]2)C1. The molecular weight excluding hydrogens is 306 g/mol. The number of ether oxygens (including phenoxy) is 1. The van der Waals surface area contributed by atoms with Gasteiger partial charge in [0.05, 0.1) is 5.02 Å². The Morgan fingerprint density at radius 3 is 2.77 bits per heavy atom. The second-order valence-electron chi connectivity index (χ2n) is 6.47. The zero-order valence-electron chi connectivity index (χ0n) is 13.1. The van der Waals surface area contributed by atoms with E-state index in [-0.39, 0.29) is 11.9 Å². The summed E-state index contributed by atoms with van der Waals surface area (Å²) in [7, 11) is 0. The van der Waals surface area contributed by atoms with E-state index in [1.54, 1.807) is 17.2 Å². The number of hydrogen-bond donors (Lipinski definition) is 2. The minimum atomic E-state index is -0.532. The van der Waals surface area contributed by atoms with Crippen molar-refractivity contribution in [1.29, 1.82) is 0 Å². The Hall–Kier alpha value is -1.69. The van der Waals surface area contributed by atoms with E-state index >= 15 is 0 Å². The Labute approximate surface area is 135 Å². The van der Waals surface area contributed by atoms with Crippen LogP contribution in [0, 0.1) is 0 Å². The minimum absolute atomic E-state index is 0.0991. The molecule has 0 aliphatic carbocycles. The second-order valence-corrected chi connectivity index (χ2v) is 6.90. The van der Waals surface area contributed by atoms with Gasteiger partial charge in [-0.25, -0.2) is 4.79 Å². The number of aromatic amines is 1. The summed E-state index contributed by atoms with van der Waals surface area (Å²) in [6, 6.07) is 1.51. The van der Waals surface area contributed by atoms with Gasteiger partial charge in [0.1, 0.15) is 11.3 Å². The number of hydrogen-bond acceptors (Lipinski definition) is 3. The van der Waals surface area contributed by atoms with E-state index in [2.05, 4.69) is 10.3 Å². The van der Waals surface area contributed by atoms with Gasteiger partial charge in [-0.3, -0.25) is 4.79 Å². The van der Waals surface area contributed by atoms with E-state index in [9.17, 15) is 9.59 Å². The number of aromatic nitrogens is 1. The van der Waals surface area contributed by atoms with Crippen LogP contribution in [0.15, 0.2) is 12.3 Å². The predicted molar refractivity (Wildman–Crippen MR) is 84.1 cm³/mol. The summed E-state index contributed by atoms with van der Waals surface area (Å²) >= 11 is 5.83. The lowest BCUT2D eigenvalue weighted by Crippen LogP contribution is -2.50. The number of alkyl carbamates (subject to hydrolysis) is 1. The van der Waals surface area contributed by atoms with Gasteiger partial charge >= 0.3 is 6.09 Å². The van der Waals surface area contributed by atoms with Gasteiger partial charge in [0, 0.05) is 25.3 Å². The molecule has 1 atom stereocenters. The largest absolute Gasteiger partial charge is 0.444 e. The van der Waals surface area contributed by atoms with Gasteiger partial charge in [0.25, 0.3) is 5.91 Å². The Bertz CT molecular complexity index is 550. The molecule has 1 aromatic heterocycles. The highest BCUT2D eigenvalue weighted by Gasteiger charge is 2.27. The summed E-state index contributed by atoms with van der Waals surface area (Å²) in [5.74, 6) is -0.109. The normalized spacial score (nSPS) is 18.9. The summed E-state index contributed by atoms with van der Waals surface area (Å²) < 4.78 is 5.25. The smallest absolute Gasteiger partial charge is 0.407 e. The van der Waals surface area contributed by atoms with Crippen LogP contribution in [0.1, 0.15) is 44.1 Å². The molecule has 2 N–H and O–H groups in total. The number of H-pyrrole nitrogens is 1. The van der Waals surface area contributed by atoms with Crippen LogP contribution >= 0.6 is 11.6 Å². The molecule has 2 amide bonds. The molecule has 2 heterocycles. The van der Waals surface area contributed by atoms with Crippen molar-refractivity contribution in [3.05, 3.63) is 23.0 Å². The summed E-state index contributed by atoms with van der Waals surface area (Å²) in [5.41, 5.74) is -0.0715. The number of likely N-dealkylation sites (tertiary alicyclic amines) is 1. The molecule has 0 bridgehead atoms. The van der Waals surface area contributed by atoms with E-state index in [4.69, 9.17) is 16.3 Å². The molecule has 7 heteroatoms. The number of amides is 2. The number of halogens is 1. The average Bonchev–Trinajstić information content (AvgIpc) is 2.82. The maximum Gasteiger partial charge on any atom is 0.407 e. The molecular formula is C15H22ClN3O3. The lowest BCUT2D eigenvalue weighted by atomic mass is 10.1. The summed E-state index contributed by atoms with van der Waals surface area (Å²) in [5, 5.41) is 3.33. The fourth-order valence-corrected chi connectivity index (χ4v) is 2.58. The van der Waals surface area contributed by atoms with Crippen LogP contribution in [0.4, 0.5) is 4.79 Å². The number of carbonyl (C=O) groups is 2. The van der Waals surface area contributed by atoms with E-state index in [0.29, 0.717) is 23.8 Å². The van der Waals surface area contributed by atoms with Crippen LogP contribution < -0.4 is 5.32 Å². The highest BCUT2D eigenvalue weighted by atomic mass is 35.5. The first-order valence-corrected chi connectivity index (χ1v) is 7.75. The first-order chi connectivity index (χ1) is 10.2. The van der Waals surface area contributed by atoms with Gasteiger partial charge < -0.3 is 19.9 Å². The van der Waals surface area contributed by atoms with Crippen molar-refractivity contribution in [1.82, 2.24) is 15.2 Å². The van der Waals surface area contributed by atoms with Crippen molar-refractivity contribution < 1.29 is 14.3 Å². The molecule has 0 saturated carbocycles. The van der Waals surface area contributed by atoms with Crippen molar-refractivity contribution in [2.24, 2.45) is 0 Å². The van der Waals surface area contributed by atoms with Crippen LogP contribution in [0.2, 0.25) is 5.02 Å². The topological polar surface area (TPSA) is 74.4 Å². The maximum atomic E-state index is 12.4. The molecule has 1 aliphatic heterocycles. The monoisotopic (exact) mass is 327 g/mol. The third-order valence-corrected chi connectivity index (χ3v) is 3.53. The van der Waals surface area contributed by atoms with E-state index in [1.165, 1.54) is 0 Å². The summed E-state index contributed by atoms with van der Waals surface area (Å²) in [4.78, 5) is 28.8. The van der Waals surface area contributed by atoms with Crippen LogP contribution in [0.5, 0.6) is 0 Å². The zero-order valence-corrected chi connectivity index (χ0v) is 13.9. The Kier molecular flexibility index (Phi) is 5.01. The second kappa shape index (κ2) is 6.60. The third kappa shape index (κ3) is 4.66. The van der Waals surface area contributed by atoms with Gasteiger partial charge in [-0.2, -0.15) is 0 Å². The van der Waals surface area contributed by atoms with Crippen LogP contribution in [-0.2, 0) is 4.74 Å². The van der Waals surface area contributed by atoms with Gasteiger partial charge in [-0.1, -0.05) is 11.6 Å². The molecule has 0 unspecified atom stereocenters. The van der Waals surface area contributed by atoms with Gasteiger partial charge in [0.2, 0.25) is 0 Å². The molecule has 122 valence electrons. The number of rotatable bonds is 2. The number of piperidine rings is 1. The standard InChI is InChI=1S/C15H22ClN3O3/c1-15(2,3)22-14(21)18-11-5-4-6-19(9-11)13(20)12-7-10(16)8-17-12/h7-8,11,17H,4-6,9H2,1-3H3,(H,18,21)/t11-/m1/s1. The van der Waals surface area contributed by atoms with Crippen LogP contribution in [-0.4, -0.2) is 46.6 Å². The maximum absolute atomic E-state index is 12.4. The minimum Gasteiger partial charge on any atom is -0.444 e. The molecule has 6 nitrogen and oxygen atoms in total. The third-order valence-electron chi connectivity index (χ3n) is 3.31. The summed E-state index contributed by atoms with van der Waals surface area (Å²) in [6.45, 7) is 6.59. The van der Waals surface area contributed by atoms with E-state index in [0.717, 1.165) is 12.8 Å². The Balaban J connectivity index is 1.91. The van der Waals surface area contributed by atoms with Crippen LogP contribution in [0.3, 0.4) is 0 Å². The van der Waals surface area contributed by atoms with Crippen molar-refractivity contribution in [3.63, 3.8) is 0 Å². The summed E-state index contributed by atoms with van der Waals surface area (Å²) in [6.07, 6.45) is 2.79. The molecule has 2 rings (SSSR count). The first kappa shape index (κ1) is 16.7. The molecule has 0 aromatic carbocycles. The quantitative estimate of drug-likeness (QED) is 0.877. The lowest BCUT2D eigenvalue weighted by Gasteiger charge is -2.33. The Morgan fingerprint density at radius 2 is 2.18 bits per heavy atom. The molecule has 1 saturated heterocycles. The molecule has 1 aliphatic rings. The highest BCUT2D eigenvalue weighted by molar-refractivity contribution is 6.30. The fourth-order valence-electron chi connectivity index (χ4n) is 2.42. The molecule has 1 aromatic rings. The highest BCUT2D eigenvalue weighted by Crippen LogP contribution is 2.16. The van der Waals surface area contributed by atoms with Gasteiger partial charge in [0.15, 0.2) is 0 Å². The van der Waals surface area contributed by atoms with Gasteiger partial charge in [-0.05, 0) is 39.7 Å². The van der Waals surface area contributed by atoms with Crippen LogP contribution in [0.25, 0.3) is 0 Å². The van der Waals surface area contributed by atoms with Crippen molar-refractivity contribution in [2.75, 3.05) is 13.1 Å². The van der Waals surface area contributed by atoms with Crippen molar-refractivity contribution in [2.45, 2.75) is 45.3 Å². The Morgan fingerprint density at radius 1 is 1.45 bits per heavy atom. The molecule has 22 heavy (non-hydrogen) atoms. The number of nitrogens with one attached hydrogen (secondary N) is 2. The molecule has 0 radical (unpaired) electrons. The van der Waals surface area contributed by atoms with E-state index < -0.39 is 11.7 Å². The lowest BCUT2D eigenvalue weighted by molar-refractivity contribution is 0.0451. The van der Waals surface area contributed by atoms with Gasteiger partial charge in [-0.15, -0.1) is 0 Å². The fraction of sp³-hybridized carbons (Fsp3) is 0.600. The first-order valence-electron chi connectivity index (χ1n) is 7.37. The predicted octanol–water partition coefficient (Wildman–Crippen LogP) is 2.80. The molecule has 1 fully saturated rings. The molecule has 0 spiro atoms. The zero-order chi connectivity index (χ0) is 16.3. The van der Waals surface area contributed by atoms with Crippen molar-refractivity contribution in [3.8, 4) is 0 Å². The number of nitrogens with zero attached hydrogens (tertiary/aromatic N) is 1. The number of carbonyl (C=O) groups excluding carboxylic acids is 2. The van der Waals surface area contributed by atoms with Crippen molar-refractivity contribution >= 4 is 23.6 Å². The van der Waals surface area contributed by atoms with E-state index in [1.807, 2.05) is 20.8 Å².